The average Bonchev–Trinajstić information content (AvgIpc) is 1.42. The summed E-state index contributed by atoms with van der Waals surface area (Å²) in [6.07, 6.45) is 22.1. The topological polar surface area (TPSA) is 77.3 Å². The highest BCUT2D eigenvalue weighted by Gasteiger charge is 2.29. The Balaban J connectivity index is 0.000000108. The molecule has 0 amide bonds. The van der Waals surface area contributed by atoms with E-state index in [0.29, 0.717) is 0 Å². The molecule has 0 fully saturated rings. The molecule has 100 heavy (non-hydrogen) atoms. The highest BCUT2D eigenvalue weighted by molar-refractivity contribution is 5.85. The third-order valence-corrected chi connectivity index (χ3v) is 24.2. The zero-order valence-electron chi connectivity index (χ0n) is 63.5. The van der Waals surface area contributed by atoms with Crippen molar-refractivity contribution in [3.05, 3.63) is 312 Å². The van der Waals surface area contributed by atoms with Gasteiger partial charge in [-0.25, -0.2) is 0 Å². The highest BCUT2D eigenvalue weighted by Crippen LogP contribution is 2.47. The van der Waals surface area contributed by atoms with Gasteiger partial charge in [0.05, 0.1) is 0 Å². The summed E-state index contributed by atoms with van der Waals surface area (Å²) >= 11 is 0. The van der Waals surface area contributed by atoms with Crippen LogP contribution in [0.5, 0.6) is 0 Å². The average molecular weight is 1310 g/mol. The van der Waals surface area contributed by atoms with Crippen LogP contribution in [0, 0.1) is 152 Å². The number of hydrogen-bond donors (Lipinski definition) is 0. The fourth-order valence-electron chi connectivity index (χ4n) is 16.7. The SMILES string of the molecule is Cc1c(C)c(C)c2c(c1C)Cc1cnccc1-2.Cc1cc2c(c(C)c1C)Cc1c-2ccnc1C.Cc1cc2c(c(C)c1C)Cc1cncc(C)c1-2.Cc1cc2c(cn1)Cc1c-2cc(C)c(C)c1C.Cc1cc2c(cn1)Cc1c-2ccc(C)c1C.Cc1ccc2c(c1C)Cc1c-2ccnc1C. The molecule has 0 spiro atoms. The molecule has 6 heterocycles. The molecule has 6 nitrogen and oxygen atoms in total. The number of pyridine rings is 6. The normalized spacial score (nSPS) is 12.5. The summed E-state index contributed by atoms with van der Waals surface area (Å²) < 4.78 is 0. The van der Waals surface area contributed by atoms with Crippen molar-refractivity contribution in [1.82, 2.24) is 29.9 Å². The molecule has 0 unspecified atom stereocenters. The van der Waals surface area contributed by atoms with Crippen molar-refractivity contribution in [2.45, 2.75) is 191 Å². The molecule has 0 saturated heterocycles. The molecule has 6 aromatic heterocycles. The lowest BCUT2D eigenvalue weighted by molar-refractivity contribution is 1.10. The van der Waals surface area contributed by atoms with Crippen LogP contribution in [0.25, 0.3) is 66.8 Å². The Kier molecular flexibility index (Phi) is 18.6. The van der Waals surface area contributed by atoms with Gasteiger partial charge in [0.1, 0.15) is 0 Å². The summed E-state index contributed by atoms with van der Waals surface area (Å²) in [5.74, 6) is 0. The second kappa shape index (κ2) is 27.0. The fourth-order valence-corrected chi connectivity index (χ4v) is 16.7. The van der Waals surface area contributed by atoms with Crippen LogP contribution < -0.4 is 0 Å². The molecule has 0 N–H and O–H groups in total. The van der Waals surface area contributed by atoms with Gasteiger partial charge in [-0.3, -0.25) is 29.9 Å². The molecule has 6 aromatic carbocycles. The second-order valence-electron chi connectivity index (χ2n) is 29.7. The minimum Gasteiger partial charge on any atom is -0.264 e. The van der Waals surface area contributed by atoms with Crippen molar-refractivity contribution < 1.29 is 0 Å². The van der Waals surface area contributed by atoms with E-state index in [4.69, 9.17) is 0 Å². The number of fused-ring (bicyclic) bond motifs is 18. The Morgan fingerprint density at radius 3 is 1.14 bits per heavy atom. The third kappa shape index (κ3) is 12.1. The lowest BCUT2D eigenvalue weighted by atomic mass is 9.89. The lowest BCUT2D eigenvalue weighted by Gasteiger charge is -2.15. The van der Waals surface area contributed by atoms with Gasteiger partial charge in [0.25, 0.3) is 0 Å². The first-order valence-electron chi connectivity index (χ1n) is 36.0. The summed E-state index contributed by atoms with van der Waals surface area (Å²) in [6, 6.07) is 26.8. The summed E-state index contributed by atoms with van der Waals surface area (Å²) in [5.41, 5.74) is 64.3. The lowest BCUT2D eigenvalue weighted by Crippen LogP contribution is -1.98. The van der Waals surface area contributed by atoms with Gasteiger partial charge in [0.15, 0.2) is 0 Å². The second-order valence-corrected chi connectivity index (χ2v) is 29.7. The quantitative estimate of drug-likeness (QED) is 0.151. The number of rotatable bonds is 0. The fraction of sp³-hybridized carbons (Fsp3) is 0.298. The minimum atomic E-state index is 1.05. The summed E-state index contributed by atoms with van der Waals surface area (Å²) in [5, 5.41) is 0. The molecule has 0 atom stereocenters. The van der Waals surface area contributed by atoms with E-state index in [1.54, 1.807) is 0 Å². The maximum absolute atomic E-state index is 4.41. The Hall–Kier alpha value is -9.78. The monoisotopic (exact) mass is 1310 g/mol. The Morgan fingerprint density at radius 2 is 0.590 bits per heavy atom. The number of nitrogens with zero attached hydrogens (tertiary/aromatic N) is 6. The number of hydrogen-bond acceptors (Lipinski definition) is 6. The van der Waals surface area contributed by atoms with Gasteiger partial charge in [-0.05, 0) is 416 Å². The highest BCUT2D eigenvalue weighted by atomic mass is 14.7. The summed E-state index contributed by atoms with van der Waals surface area (Å²) in [6.45, 7) is 48.3. The maximum Gasteiger partial charge on any atom is 0.0414 e. The van der Waals surface area contributed by atoms with Gasteiger partial charge in [-0.15, -0.1) is 0 Å². The van der Waals surface area contributed by atoms with Crippen LogP contribution in [0.2, 0.25) is 0 Å². The van der Waals surface area contributed by atoms with Crippen molar-refractivity contribution in [1.29, 1.82) is 0 Å². The van der Waals surface area contributed by atoms with E-state index in [-0.39, 0.29) is 0 Å². The molecular weight excluding hydrogens is 1210 g/mol. The number of aryl methyl sites for hydroxylation is 10. The predicted molar refractivity (Wildman–Crippen MR) is 419 cm³/mol. The largest absolute Gasteiger partial charge is 0.264 e. The van der Waals surface area contributed by atoms with Crippen LogP contribution in [-0.4, -0.2) is 29.9 Å². The standard InChI is InChI=1S/4C16H17N.2C15H15N/c1-9-5-15-14(12(4)11(9)3)6-13-8-17-7-10(2)16(13)15;1-9-5-16-14(12(4)11(9)3)7-13-8-17-10(2)6-15(13)16;1-9-10(2)12(4)16-14-5-6-17-8-13(14)7-15(16)11(9)3;1-9-7-16-13-5-6-17-12(4)15(13)8-14(16)11(3)10(9)2;1-9-4-5-13-14(11(9)3)7-12-8-16-10(2)6-15(12)13;1-9-4-5-12-13-6-7-16-11(3)15(13)8-14(12)10(9)2/h5,7-8H,6H2,1-4H3;2*5-6,8H,7H2,1-4H3;5-7H,8H2,1-4H3;4-6,8H,7H2,1-3H3;4-7H,8H2,1-3H3. The molecule has 12 aromatic rings. The van der Waals surface area contributed by atoms with Crippen LogP contribution in [-0.2, 0) is 38.5 Å². The van der Waals surface area contributed by atoms with Crippen molar-refractivity contribution in [3.8, 4) is 66.8 Å². The van der Waals surface area contributed by atoms with Crippen molar-refractivity contribution in [2.24, 2.45) is 0 Å². The van der Waals surface area contributed by atoms with Gasteiger partial charge < -0.3 is 0 Å². The Morgan fingerprint density at radius 1 is 0.210 bits per heavy atom. The zero-order valence-corrected chi connectivity index (χ0v) is 63.5. The van der Waals surface area contributed by atoms with E-state index in [1.807, 2.05) is 49.6 Å². The summed E-state index contributed by atoms with van der Waals surface area (Å²) in [4.78, 5) is 26.1. The van der Waals surface area contributed by atoms with Crippen LogP contribution in [0.4, 0.5) is 0 Å². The first-order valence-corrected chi connectivity index (χ1v) is 36.0. The van der Waals surface area contributed by atoms with E-state index in [0.717, 1.165) is 49.9 Å². The smallest absolute Gasteiger partial charge is 0.0414 e. The van der Waals surface area contributed by atoms with E-state index < -0.39 is 0 Å². The van der Waals surface area contributed by atoms with Crippen LogP contribution in [0.1, 0.15) is 190 Å². The van der Waals surface area contributed by atoms with Gasteiger partial charge in [0, 0.05) is 111 Å². The maximum atomic E-state index is 4.41. The molecule has 6 heteroatoms. The molecule has 0 radical (unpaired) electrons. The first-order chi connectivity index (χ1) is 47.7. The van der Waals surface area contributed by atoms with Crippen molar-refractivity contribution >= 4 is 0 Å². The van der Waals surface area contributed by atoms with Crippen LogP contribution >= 0.6 is 0 Å². The molecule has 0 bridgehead atoms. The predicted octanol–water partition coefficient (Wildman–Crippen LogP) is 22.7. The Bertz CT molecular complexity index is 5360. The van der Waals surface area contributed by atoms with Crippen LogP contribution in [0.15, 0.2) is 122 Å². The van der Waals surface area contributed by atoms with Crippen molar-refractivity contribution in [2.75, 3.05) is 0 Å². The molecule has 18 rings (SSSR count). The van der Waals surface area contributed by atoms with E-state index in [9.17, 15) is 0 Å². The number of benzene rings is 6. The molecule has 6 aliphatic rings. The Labute approximate surface area is 596 Å². The zero-order chi connectivity index (χ0) is 71.2. The van der Waals surface area contributed by atoms with Crippen molar-refractivity contribution in [3.63, 3.8) is 0 Å². The summed E-state index contributed by atoms with van der Waals surface area (Å²) in [7, 11) is 0. The van der Waals surface area contributed by atoms with Crippen LogP contribution in [0.3, 0.4) is 0 Å². The number of aromatic nitrogens is 6. The van der Waals surface area contributed by atoms with Gasteiger partial charge in [-0.2, -0.15) is 0 Å². The van der Waals surface area contributed by atoms with Gasteiger partial charge in [0.2, 0.25) is 0 Å². The van der Waals surface area contributed by atoms with Gasteiger partial charge >= 0.3 is 0 Å². The molecule has 6 aliphatic carbocycles. The molecular formula is C94H98N6. The van der Waals surface area contributed by atoms with E-state index >= 15 is 0 Å². The minimum absolute atomic E-state index is 1.05. The molecule has 0 aliphatic heterocycles. The van der Waals surface area contributed by atoms with E-state index in [1.165, 1.54) is 245 Å². The van der Waals surface area contributed by atoms with E-state index in [2.05, 4.69) is 255 Å². The van der Waals surface area contributed by atoms with Gasteiger partial charge in [-0.1, -0.05) is 42.5 Å². The molecule has 0 saturated carbocycles. The third-order valence-electron chi connectivity index (χ3n) is 24.2. The first kappa shape index (κ1) is 68.7. The molecule has 504 valence electrons.